The third-order valence-electron chi connectivity index (χ3n) is 6.74. The van der Waals surface area contributed by atoms with E-state index in [1.165, 1.54) is 17.0 Å². The number of rotatable bonds is 5. The number of benzene rings is 3. The number of para-hydroxylation sites is 1. The molecular formula is C29H20ClFN2O4. The normalized spacial score (nSPS) is 15.9. The third-order valence-corrected chi connectivity index (χ3v) is 6.97. The van der Waals surface area contributed by atoms with Crippen LogP contribution in [0.5, 0.6) is 0 Å². The summed E-state index contributed by atoms with van der Waals surface area (Å²) in [6, 6.07) is 19.0. The van der Waals surface area contributed by atoms with Crippen molar-refractivity contribution in [3.05, 3.63) is 118 Å². The van der Waals surface area contributed by atoms with Crippen LogP contribution in [-0.2, 0) is 18.4 Å². The summed E-state index contributed by atoms with van der Waals surface area (Å²) in [6.07, 6.45) is 1.85. The second kappa shape index (κ2) is 8.64. The highest BCUT2D eigenvalue weighted by Gasteiger charge is 2.45. The van der Waals surface area contributed by atoms with E-state index in [-0.39, 0.29) is 17.9 Å². The summed E-state index contributed by atoms with van der Waals surface area (Å²) in [7, 11) is 1.88. The number of aliphatic hydroxyl groups is 1. The van der Waals surface area contributed by atoms with Gasteiger partial charge in [-0.15, -0.1) is 0 Å². The van der Waals surface area contributed by atoms with Crippen LogP contribution in [0.25, 0.3) is 21.9 Å². The summed E-state index contributed by atoms with van der Waals surface area (Å²) in [5.41, 5.74) is 2.62. The van der Waals surface area contributed by atoms with Gasteiger partial charge in [-0.05, 0) is 48.0 Å². The molecule has 0 fully saturated rings. The number of hydrogen-bond donors (Lipinski definition) is 1. The summed E-state index contributed by atoms with van der Waals surface area (Å²) in [5.74, 6) is -2.34. The summed E-state index contributed by atoms with van der Waals surface area (Å²) >= 11 is 6.09. The van der Waals surface area contributed by atoms with Crippen molar-refractivity contribution < 1.29 is 23.5 Å². The smallest absolute Gasteiger partial charge is 0.290 e. The number of carbonyl (C=O) groups is 2. The zero-order valence-electron chi connectivity index (χ0n) is 19.6. The van der Waals surface area contributed by atoms with Crippen LogP contribution in [0.1, 0.15) is 27.7 Å². The van der Waals surface area contributed by atoms with Gasteiger partial charge in [0.25, 0.3) is 5.91 Å². The Hall–Kier alpha value is -4.36. The third kappa shape index (κ3) is 3.79. The molecule has 0 bridgehead atoms. The van der Waals surface area contributed by atoms with Gasteiger partial charge in [-0.25, -0.2) is 4.39 Å². The molecule has 1 amide bonds. The molecule has 6 nitrogen and oxygen atoms in total. The largest absolute Gasteiger partial charge is 0.503 e. The number of Topliss-reactive ketones (excluding diaryl/α,β-unsaturated/α-hetero) is 1. The number of halogens is 2. The van der Waals surface area contributed by atoms with Crippen LogP contribution >= 0.6 is 11.6 Å². The molecule has 37 heavy (non-hydrogen) atoms. The number of fused-ring (bicyclic) bond motifs is 2. The predicted octanol–water partition coefficient (Wildman–Crippen LogP) is 6.50. The maximum absolute atomic E-state index is 13.8. The monoisotopic (exact) mass is 514 g/mol. The van der Waals surface area contributed by atoms with Gasteiger partial charge in [0.05, 0.1) is 11.6 Å². The number of hydrogen-bond acceptors (Lipinski definition) is 4. The molecule has 5 aromatic rings. The predicted molar refractivity (Wildman–Crippen MR) is 138 cm³/mol. The van der Waals surface area contributed by atoms with E-state index >= 15 is 0 Å². The molecule has 1 N–H and O–H groups in total. The Bertz CT molecular complexity index is 1750. The van der Waals surface area contributed by atoms with E-state index in [9.17, 15) is 19.1 Å². The highest BCUT2D eigenvalue weighted by atomic mass is 35.5. The number of ketones is 1. The van der Waals surface area contributed by atoms with Crippen molar-refractivity contribution in [2.45, 2.75) is 12.6 Å². The van der Waals surface area contributed by atoms with Crippen LogP contribution in [0.3, 0.4) is 0 Å². The highest BCUT2D eigenvalue weighted by Crippen LogP contribution is 2.43. The maximum atomic E-state index is 13.8. The van der Waals surface area contributed by atoms with Gasteiger partial charge in [0.1, 0.15) is 11.4 Å². The van der Waals surface area contributed by atoms with Crippen molar-refractivity contribution in [2.75, 3.05) is 0 Å². The van der Waals surface area contributed by atoms with Crippen LogP contribution in [0.2, 0.25) is 5.02 Å². The van der Waals surface area contributed by atoms with Gasteiger partial charge in [-0.3, -0.25) is 9.59 Å². The minimum absolute atomic E-state index is 0.0134. The van der Waals surface area contributed by atoms with Gasteiger partial charge in [0, 0.05) is 46.7 Å². The Labute approximate surface area is 215 Å². The van der Waals surface area contributed by atoms with Gasteiger partial charge in [-0.2, -0.15) is 0 Å². The number of nitrogens with zero attached hydrogens (tertiary/aromatic N) is 2. The molecule has 0 saturated carbocycles. The summed E-state index contributed by atoms with van der Waals surface area (Å²) in [5, 5.41) is 13.0. The van der Waals surface area contributed by atoms with Gasteiger partial charge < -0.3 is 19.0 Å². The van der Waals surface area contributed by atoms with Gasteiger partial charge in [-0.1, -0.05) is 41.9 Å². The Morgan fingerprint density at radius 3 is 2.62 bits per heavy atom. The van der Waals surface area contributed by atoms with E-state index in [1.54, 1.807) is 36.4 Å². The molecule has 0 radical (unpaired) electrons. The van der Waals surface area contributed by atoms with E-state index in [1.807, 2.05) is 42.1 Å². The number of furan rings is 1. The summed E-state index contributed by atoms with van der Waals surface area (Å²) < 4.78 is 21.2. The van der Waals surface area contributed by atoms with Crippen LogP contribution in [0.4, 0.5) is 4.39 Å². The second-order valence-corrected chi connectivity index (χ2v) is 9.50. The molecule has 2 aromatic heterocycles. The first kappa shape index (κ1) is 23.1. The first-order chi connectivity index (χ1) is 17.8. The molecule has 6 rings (SSSR count). The molecule has 0 spiro atoms. The Balaban J connectivity index is 1.51. The molecule has 184 valence electrons. The lowest BCUT2D eigenvalue weighted by Gasteiger charge is -2.26. The molecular weight excluding hydrogens is 495 g/mol. The molecule has 3 aromatic carbocycles. The van der Waals surface area contributed by atoms with Gasteiger partial charge in [0.15, 0.2) is 11.5 Å². The Morgan fingerprint density at radius 1 is 1.08 bits per heavy atom. The highest BCUT2D eigenvalue weighted by molar-refractivity contribution is 6.31. The van der Waals surface area contributed by atoms with E-state index < -0.39 is 29.3 Å². The van der Waals surface area contributed by atoms with Crippen LogP contribution in [-0.4, -0.2) is 26.3 Å². The average molecular weight is 515 g/mol. The molecule has 1 atom stereocenters. The minimum Gasteiger partial charge on any atom is -0.503 e. The lowest BCUT2D eigenvalue weighted by molar-refractivity contribution is -0.130. The molecule has 0 saturated heterocycles. The number of aromatic nitrogens is 1. The van der Waals surface area contributed by atoms with Crippen molar-refractivity contribution in [3.8, 4) is 0 Å². The topological polar surface area (TPSA) is 75.7 Å². The van der Waals surface area contributed by atoms with Crippen molar-refractivity contribution >= 4 is 45.2 Å². The second-order valence-electron chi connectivity index (χ2n) is 9.06. The fraction of sp³-hybridized carbons (Fsp3) is 0.103. The van der Waals surface area contributed by atoms with Gasteiger partial charge in [0.2, 0.25) is 5.78 Å². The average Bonchev–Trinajstić information content (AvgIpc) is 3.53. The Morgan fingerprint density at radius 2 is 1.84 bits per heavy atom. The molecule has 1 aliphatic rings. The number of amides is 1. The molecule has 1 aliphatic heterocycles. The molecule has 3 heterocycles. The van der Waals surface area contributed by atoms with E-state index in [0.29, 0.717) is 27.1 Å². The fourth-order valence-electron chi connectivity index (χ4n) is 5.01. The number of aryl methyl sites for hydroxylation is 1. The van der Waals surface area contributed by atoms with Gasteiger partial charge >= 0.3 is 0 Å². The first-order valence-corrected chi connectivity index (χ1v) is 12.0. The van der Waals surface area contributed by atoms with Crippen LogP contribution in [0, 0.1) is 5.82 Å². The fourth-order valence-corrected chi connectivity index (χ4v) is 5.19. The van der Waals surface area contributed by atoms with Crippen molar-refractivity contribution in [1.82, 2.24) is 9.47 Å². The van der Waals surface area contributed by atoms with Crippen molar-refractivity contribution in [1.29, 1.82) is 0 Å². The van der Waals surface area contributed by atoms with E-state index in [0.717, 1.165) is 10.9 Å². The van der Waals surface area contributed by atoms with E-state index in [4.69, 9.17) is 16.0 Å². The van der Waals surface area contributed by atoms with Crippen LogP contribution < -0.4 is 0 Å². The summed E-state index contributed by atoms with van der Waals surface area (Å²) in [6.45, 7) is 0.0591. The van der Waals surface area contributed by atoms with Crippen molar-refractivity contribution in [3.63, 3.8) is 0 Å². The SMILES string of the molecule is Cn1cc(C2C(C(=O)c3cc4cc(Cl)ccc4o3)=C(O)C(=O)N2Cc2ccc(F)cc2)c2ccccc21. The minimum atomic E-state index is -0.895. The summed E-state index contributed by atoms with van der Waals surface area (Å²) in [4.78, 5) is 28.7. The maximum Gasteiger partial charge on any atom is 0.290 e. The number of carbonyl (C=O) groups excluding carboxylic acids is 2. The standard InChI is InChI=1S/C29H20ClFN2O4/c1-32-15-21(20-4-2-3-5-22(20)32)26-25(27(34)24-13-17-12-18(30)8-11-23(17)37-24)28(35)29(36)33(26)14-16-6-9-19(31)10-7-16/h2-13,15,26,35H,14H2,1H3. The van der Waals surface area contributed by atoms with Crippen molar-refractivity contribution in [2.24, 2.45) is 7.05 Å². The number of aliphatic hydroxyl groups excluding tert-OH is 1. The zero-order chi connectivity index (χ0) is 25.8. The molecule has 1 unspecified atom stereocenters. The zero-order valence-corrected chi connectivity index (χ0v) is 20.4. The first-order valence-electron chi connectivity index (χ1n) is 11.6. The molecule has 0 aliphatic carbocycles. The molecule has 8 heteroatoms. The quantitative estimate of drug-likeness (QED) is 0.272. The lowest BCUT2D eigenvalue weighted by Crippen LogP contribution is -2.30. The Kier molecular flexibility index (Phi) is 5.38. The lowest BCUT2D eigenvalue weighted by atomic mass is 9.94. The van der Waals surface area contributed by atoms with E-state index in [2.05, 4.69) is 0 Å². The van der Waals surface area contributed by atoms with Crippen LogP contribution in [0.15, 0.2) is 94.7 Å².